The highest BCUT2D eigenvalue weighted by molar-refractivity contribution is 6.28. The van der Waals surface area contributed by atoms with Gasteiger partial charge in [0.05, 0.1) is 6.61 Å². The molecule has 0 spiro atoms. The number of hydrogen-bond donors (Lipinski definition) is 0. The maximum absolute atomic E-state index is 5.86. The molecular weight excluding hydrogens is 254 g/mol. The van der Waals surface area contributed by atoms with Gasteiger partial charge >= 0.3 is 6.01 Å². The van der Waals surface area contributed by atoms with Gasteiger partial charge in [-0.05, 0) is 24.9 Å². The van der Waals surface area contributed by atoms with Crippen LogP contribution in [0.4, 0.5) is 0 Å². The molecule has 0 saturated heterocycles. The monoisotopic (exact) mass is 267 g/mol. The van der Waals surface area contributed by atoms with E-state index in [-0.39, 0.29) is 11.3 Å². The van der Waals surface area contributed by atoms with Gasteiger partial charge in [-0.15, -0.1) is 0 Å². The fraction of sp³-hybridized carbons (Fsp3) is 0.455. The van der Waals surface area contributed by atoms with Crippen LogP contribution in [0, 0.1) is 0 Å². The van der Waals surface area contributed by atoms with Crippen LogP contribution in [-0.2, 0) is 6.54 Å². The third-order valence-electron chi connectivity index (χ3n) is 2.28. The zero-order chi connectivity index (χ0) is 13.0. The summed E-state index contributed by atoms with van der Waals surface area (Å²) in [6.45, 7) is 5.35. The average Bonchev–Trinajstić information content (AvgIpc) is 2.84. The first kappa shape index (κ1) is 12.8. The summed E-state index contributed by atoms with van der Waals surface area (Å²) in [5.74, 6) is 1.08. The zero-order valence-corrected chi connectivity index (χ0v) is 11.1. The van der Waals surface area contributed by atoms with Crippen molar-refractivity contribution in [1.82, 2.24) is 24.5 Å². The van der Waals surface area contributed by atoms with Gasteiger partial charge in [-0.1, -0.05) is 6.92 Å². The number of nitrogens with zero attached hydrogens (tertiary/aromatic N) is 5. The Balaban J connectivity index is 2.35. The van der Waals surface area contributed by atoms with E-state index in [0.717, 1.165) is 13.0 Å². The second kappa shape index (κ2) is 5.77. The maximum Gasteiger partial charge on any atom is 0.321 e. The normalized spacial score (nSPS) is 10.6. The fourth-order valence-corrected chi connectivity index (χ4v) is 1.61. The molecule has 7 heteroatoms. The predicted molar refractivity (Wildman–Crippen MR) is 67.5 cm³/mol. The number of rotatable bonds is 5. The molecule has 0 unspecified atom stereocenters. The van der Waals surface area contributed by atoms with Crippen LogP contribution in [0.5, 0.6) is 6.01 Å². The number of hydrogen-bond acceptors (Lipinski definition) is 5. The summed E-state index contributed by atoms with van der Waals surface area (Å²) in [4.78, 5) is 16.4. The van der Waals surface area contributed by atoms with Crippen molar-refractivity contribution in [2.45, 2.75) is 26.8 Å². The molecule has 18 heavy (non-hydrogen) atoms. The molecule has 2 rings (SSSR count). The van der Waals surface area contributed by atoms with Gasteiger partial charge in [0.2, 0.25) is 11.1 Å². The molecule has 0 aliphatic carbocycles. The van der Waals surface area contributed by atoms with Gasteiger partial charge in [0.15, 0.2) is 5.82 Å². The fourth-order valence-electron chi connectivity index (χ4n) is 1.46. The summed E-state index contributed by atoms with van der Waals surface area (Å²) < 4.78 is 7.29. The second-order valence-electron chi connectivity index (χ2n) is 3.60. The minimum atomic E-state index is 0.108. The van der Waals surface area contributed by atoms with Gasteiger partial charge in [0, 0.05) is 18.9 Å². The van der Waals surface area contributed by atoms with Gasteiger partial charge < -0.3 is 9.30 Å². The summed E-state index contributed by atoms with van der Waals surface area (Å²) in [5, 5.41) is 0.108. The molecule has 0 aromatic carbocycles. The quantitative estimate of drug-likeness (QED) is 0.831. The van der Waals surface area contributed by atoms with E-state index in [1.54, 1.807) is 6.20 Å². The molecule has 0 fully saturated rings. The SMILES string of the molecule is CCCOc1nc(Cl)nc(-c2nccn2CC)n1. The first-order valence-electron chi connectivity index (χ1n) is 5.80. The average molecular weight is 268 g/mol. The molecule has 0 saturated carbocycles. The van der Waals surface area contributed by atoms with Crippen LogP contribution in [0.2, 0.25) is 5.28 Å². The first-order chi connectivity index (χ1) is 8.74. The molecule has 0 aliphatic rings. The largest absolute Gasteiger partial charge is 0.463 e. The lowest BCUT2D eigenvalue weighted by Crippen LogP contribution is -2.05. The van der Waals surface area contributed by atoms with Crippen molar-refractivity contribution in [2.75, 3.05) is 6.61 Å². The van der Waals surface area contributed by atoms with Crippen molar-refractivity contribution in [1.29, 1.82) is 0 Å². The van der Waals surface area contributed by atoms with Crippen molar-refractivity contribution >= 4 is 11.6 Å². The highest BCUT2D eigenvalue weighted by Crippen LogP contribution is 2.17. The molecule has 0 bridgehead atoms. The molecular formula is C11H14ClN5O. The first-order valence-corrected chi connectivity index (χ1v) is 6.18. The maximum atomic E-state index is 5.86. The van der Waals surface area contributed by atoms with Crippen molar-refractivity contribution in [3.05, 3.63) is 17.7 Å². The summed E-state index contributed by atoms with van der Waals surface area (Å²) in [7, 11) is 0. The van der Waals surface area contributed by atoms with Crippen LogP contribution in [0.1, 0.15) is 20.3 Å². The van der Waals surface area contributed by atoms with Crippen LogP contribution in [0.15, 0.2) is 12.4 Å². The lowest BCUT2D eigenvalue weighted by atomic mass is 10.5. The third kappa shape index (κ3) is 2.76. The van der Waals surface area contributed by atoms with E-state index < -0.39 is 0 Å². The van der Waals surface area contributed by atoms with E-state index in [4.69, 9.17) is 16.3 Å². The molecule has 0 atom stereocenters. The molecule has 0 amide bonds. The van der Waals surface area contributed by atoms with Crippen LogP contribution in [-0.4, -0.2) is 31.1 Å². The number of aromatic nitrogens is 5. The Labute approximate surface area is 110 Å². The Kier molecular flexibility index (Phi) is 4.09. The standard InChI is InChI=1S/C11H14ClN5O/c1-3-7-18-11-15-8(14-10(12)16-11)9-13-5-6-17(9)4-2/h5-6H,3-4,7H2,1-2H3. The highest BCUT2D eigenvalue weighted by Gasteiger charge is 2.12. The molecule has 2 aromatic heterocycles. The Morgan fingerprint density at radius 3 is 2.83 bits per heavy atom. The van der Waals surface area contributed by atoms with Gasteiger partial charge in [-0.3, -0.25) is 0 Å². The highest BCUT2D eigenvalue weighted by atomic mass is 35.5. The van der Waals surface area contributed by atoms with E-state index in [0.29, 0.717) is 18.3 Å². The summed E-state index contributed by atoms with van der Waals surface area (Å²) in [6.07, 6.45) is 4.44. The summed E-state index contributed by atoms with van der Waals surface area (Å²) in [6, 6.07) is 0.234. The molecule has 0 radical (unpaired) electrons. The Morgan fingerprint density at radius 1 is 1.28 bits per heavy atom. The summed E-state index contributed by atoms with van der Waals surface area (Å²) in [5.41, 5.74) is 0. The van der Waals surface area contributed by atoms with E-state index in [1.165, 1.54) is 0 Å². The van der Waals surface area contributed by atoms with Crippen molar-refractivity contribution < 1.29 is 4.74 Å². The second-order valence-corrected chi connectivity index (χ2v) is 3.93. The van der Waals surface area contributed by atoms with Gasteiger partial charge in [-0.2, -0.15) is 15.0 Å². The number of halogens is 1. The molecule has 6 nitrogen and oxygen atoms in total. The van der Waals surface area contributed by atoms with E-state index >= 15 is 0 Å². The van der Waals surface area contributed by atoms with Crippen molar-refractivity contribution in [3.8, 4) is 17.7 Å². The number of aryl methyl sites for hydroxylation is 1. The molecule has 0 aliphatic heterocycles. The van der Waals surface area contributed by atoms with Gasteiger partial charge in [0.1, 0.15) is 0 Å². The number of ether oxygens (including phenoxy) is 1. The predicted octanol–water partition coefficient (Wildman–Crippen LogP) is 2.20. The summed E-state index contributed by atoms with van der Waals surface area (Å²) >= 11 is 5.86. The van der Waals surface area contributed by atoms with Crippen molar-refractivity contribution in [3.63, 3.8) is 0 Å². The topological polar surface area (TPSA) is 65.7 Å². The Morgan fingerprint density at radius 2 is 2.11 bits per heavy atom. The lowest BCUT2D eigenvalue weighted by Gasteiger charge is -2.06. The van der Waals surface area contributed by atoms with Crippen LogP contribution < -0.4 is 4.74 Å². The number of imidazole rings is 1. The van der Waals surface area contributed by atoms with Crippen LogP contribution in [0.3, 0.4) is 0 Å². The molecule has 0 N–H and O–H groups in total. The van der Waals surface area contributed by atoms with Crippen LogP contribution in [0.25, 0.3) is 11.6 Å². The van der Waals surface area contributed by atoms with Gasteiger partial charge in [-0.25, -0.2) is 4.98 Å². The van der Waals surface area contributed by atoms with E-state index in [1.807, 2.05) is 24.6 Å². The van der Waals surface area contributed by atoms with Gasteiger partial charge in [0.25, 0.3) is 0 Å². The Bertz CT molecular complexity index is 528. The minimum absolute atomic E-state index is 0.108. The lowest BCUT2D eigenvalue weighted by molar-refractivity contribution is 0.291. The molecule has 2 aromatic rings. The van der Waals surface area contributed by atoms with E-state index in [2.05, 4.69) is 19.9 Å². The smallest absolute Gasteiger partial charge is 0.321 e. The van der Waals surface area contributed by atoms with Crippen molar-refractivity contribution in [2.24, 2.45) is 0 Å². The Hall–Kier alpha value is -1.69. The zero-order valence-electron chi connectivity index (χ0n) is 10.3. The van der Waals surface area contributed by atoms with E-state index in [9.17, 15) is 0 Å². The molecule has 2 heterocycles. The molecule has 96 valence electrons. The minimum Gasteiger partial charge on any atom is -0.463 e. The third-order valence-corrected chi connectivity index (χ3v) is 2.45. The van der Waals surface area contributed by atoms with Crippen LogP contribution >= 0.6 is 11.6 Å².